The number of hydrogen-bond acceptors (Lipinski definition) is 10. The van der Waals surface area contributed by atoms with Crippen molar-refractivity contribution in [2.24, 2.45) is 17.8 Å². The van der Waals surface area contributed by atoms with Gasteiger partial charge in [-0.15, -0.1) is 0 Å². The van der Waals surface area contributed by atoms with Crippen LogP contribution in [0, 0.1) is 17.8 Å². The molecule has 3 saturated heterocycles. The minimum atomic E-state index is -2.37. The number of allylic oxidation sites excluding steroid dienone is 1. The summed E-state index contributed by atoms with van der Waals surface area (Å²) in [4.78, 5) is 26.4. The molecule has 0 aromatic heterocycles. The number of ketones is 1. The molecule has 6 aliphatic rings. The first-order valence-electron chi connectivity index (χ1n) is 18.3. The maximum Gasteiger partial charge on any atom is 0.306 e. The molecule has 48 heavy (non-hydrogen) atoms. The molecule has 10 nitrogen and oxygen atoms in total. The van der Waals surface area contributed by atoms with Crippen LogP contribution in [0.25, 0.3) is 0 Å². The van der Waals surface area contributed by atoms with Gasteiger partial charge in [0.1, 0.15) is 30.0 Å². The zero-order valence-corrected chi connectivity index (χ0v) is 29.4. The first-order valence-corrected chi connectivity index (χ1v) is 18.3. The number of aliphatic hydroxyl groups excluding tert-OH is 2. The van der Waals surface area contributed by atoms with Crippen molar-refractivity contribution in [1.29, 1.82) is 0 Å². The summed E-state index contributed by atoms with van der Waals surface area (Å²) < 4.78 is 32.8. The van der Waals surface area contributed by atoms with Gasteiger partial charge in [0.15, 0.2) is 17.0 Å². The molecular formula is C38H56O10. The first-order chi connectivity index (χ1) is 22.8. The average molecular weight is 673 g/mol. The fraction of sp³-hybridized carbons (Fsp3) is 0.789. The van der Waals surface area contributed by atoms with E-state index >= 15 is 0 Å². The molecule has 5 fully saturated rings. The number of esters is 1. The van der Waals surface area contributed by atoms with E-state index in [4.69, 9.17) is 23.7 Å². The molecular weight excluding hydrogens is 616 g/mol. The van der Waals surface area contributed by atoms with Gasteiger partial charge < -0.3 is 39.0 Å². The Labute approximate surface area is 284 Å². The van der Waals surface area contributed by atoms with E-state index in [0.29, 0.717) is 5.57 Å². The third-order valence-corrected chi connectivity index (χ3v) is 12.4. The van der Waals surface area contributed by atoms with Crippen LogP contribution in [0.4, 0.5) is 0 Å². The van der Waals surface area contributed by atoms with E-state index in [-0.39, 0.29) is 5.57 Å². The first kappa shape index (κ1) is 35.9. The summed E-state index contributed by atoms with van der Waals surface area (Å²) in [5.74, 6) is -5.46. The van der Waals surface area contributed by atoms with Crippen LogP contribution >= 0.6 is 0 Å². The predicted molar refractivity (Wildman–Crippen MR) is 176 cm³/mol. The number of carbonyl (C=O) groups excluding carboxylic acids is 2. The van der Waals surface area contributed by atoms with E-state index in [2.05, 4.69) is 13.5 Å². The van der Waals surface area contributed by atoms with Crippen LogP contribution in [-0.4, -0.2) is 86.5 Å². The Kier molecular flexibility index (Phi) is 9.72. The quantitative estimate of drug-likeness (QED) is 0.0890. The molecule has 3 bridgehead atoms. The van der Waals surface area contributed by atoms with E-state index in [1.807, 2.05) is 13.0 Å². The second-order valence-electron chi connectivity index (χ2n) is 15.4. The Hall–Kier alpha value is -1.92. The highest BCUT2D eigenvalue weighted by Gasteiger charge is 2.90. The van der Waals surface area contributed by atoms with Gasteiger partial charge in [0.05, 0.1) is 12.2 Å². The Balaban J connectivity index is 1.28. The Bertz CT molecular complexity index is 1340. The standard InChI is InChI=1S/C38H56O10/c1-7-8-9-10-11-12-13-14-15-16-17-18-19-20-35-46-32-28-31-34(22-39,45-31)33(42)36(43)27(21-24(4)29(36)41)38(28,48-35)25(5)30(44-26(6)40)37(32,47-35)23(2)3/h19-21,25,27-28,30-33,39,42-43H,2,7-18,22H2,1,3-6H3/b20-19+/t25-,27-,28+,30-,31+,32-,33-,34+,35?,36-,37+,38?/m1/s1. The van der Waals surface area contributed by atoms with Crippen molar-refractivity contribution in [3.8, 4) is 0 Å². The zero-order chi connectivity index (χ0) is 34.7. The lowest BCUT2D eigenvalue weighted by atomic mass is 9.53. The van der Waals surface area contributed by atoms with Crippen LogP contribution in [0.5, 0.6) is 0 Å². The van der Waals surface area contributed by atoms with Crippen molar-refractivity contribution in [2.75, 3.05) is 6.61 Å². The minimum absolute atomic E-state index is 0.263. The van der Waals surface area contributed by atoms with E-state index in [0.717, 1.165) is 19.3 Å². The number of ether oxygens (including phenoxy) is 5. The SMILES string of the molecule is C=C(C)[C@@]12OC3(/C=C/CCCCCCCCCCCCC)O[C@@H]1[C@@H]1[C@@H]4O[C@]4(CO)[C@@H](O)[C@]4(O)C(=O)C(C)=C[C@H]4C1(O3)[C@H](C)[C@H]2OC(C)=O. The molecule has 0 radical (unpaired) electrons. The summed E-state index contributed by atoms with van der Waals surface area (Å²) in [5.41, 5.74) is -6.03. The molecule has 6 rings (SSSR count). The van der Waals surface area contributed by atoms with Gasteiger partial charge in [-0.2, -0.15) is 0 Å². The average Bonchev–Trinajstić information content (AvgIpc) is 3.67. The summed E-state index contributed by atoms with van der Waals surface area (Å²) >= 11 is 0. The van der Waals surface area contributed by atoms with Crippen molar-refractivity contribution in [3.05, 3.63) is 36.0 Å². The number of carbonyl (C=O) groups is 2. The lowest BCUT2D eigenvalue weighted by Crippen LogP contribution is -2.76. The fourth-order valence-electron chi connectivity index (χ4n) is 9.96. The summed E-state index contributed by atoms with van der Waals surface area (Å²) in [5, 5.41) is 34.7. The molecule has 2 unspecified atom stereocenters. The summed E-state index contributed by atoms with van der Waals surface area (Å²) in [6, 6.07) is 0. The van der Waals surface area contributed by atoms with Gasteiger partial charge in [-0.25, -0.2) is 0 Å². The lowest BCUT2D eigenvalue weighted by molar-refractivity contribution is -0.407. The summed E-state index contributed by atoms with van der Waals surface area (Å²) in [6.45, 7) is 12.4. The van der Waals surface area contributed by atoms with Crippen LogP contribution in [-0.2, 0) is 33.3 Å². The highest BCUT2D eigenvalue weighted by molar-refractivity contribution is 6.05. The van der Waals surface area contributed by atoms with Gasteiger partial charge in [-0.05, 0) is 37.8 Å². The number of Topliss-reactive ketones (excluding diaryl/α,β-unsaturated/α-hetero) is 1. The smallest absolute Gasteiger partial charge is 0.306 e. The molecule has 3 heterocycles. The maximum atomic E-state index is 13.7. The molecule has 2 saturated carbocycles. The third-order valence-electron chi connectivity index (χ3n) is 12.4. The van der Waals surface area contributed by atoms with E-state index in [1.165, 1.54) is 64.7 Å². The molecule has 0 amide bonds. The third kappa shape index (κ3) is 5.07. The largest absolute Gasteiger partial charge is 0.459 e. The molecule has 10 heteroatoms. The second-order valence-corrected chi connectivity index (χ2v) is 15.4. The fourth-order valence-corrected chi connectivity index (χ4v) is 9.96. The topological polar surface area (TPSA) is 144 Å². The van der Waals surface area contributed by atoms with Gasteiger partial charge in [-0.1, -0.05) is 96.8 Å². The van der Waals surface area contributed by atoms with Gasteiger partial charge in [0.25, 0.3) is 0 Å². The Morgan fingerprint density at radius 1 is 1.00 bits per heavy atom. The molecule has 268 valence electrons. The maximum absolute atomic E-state index is 13.7. The van der Waals surface area contributed by atoms with Gasteiger partial charge >= 0.3 is 11.9 Å². The Morgan fingerprint density at radius 2 is 1.62 bits per heavy atom. The molecule has 3 aliphatic heterocycles. The number of epoxide rings is 1. The van der Waals surface area contributed by atoms with Crippen LogP contribution in [0.15, 0.2) is 36.0 Å². The number of fused-ring (bicyclic) bond motifs is 3. The monoisotopic (exact) mass is 672 g/mol. The normalized spacial score (nSPS) is 45.0. The minimum Gasteiger partial charge on any atom is -0.459 e. The van der Waals surface area contributed by atoms with Gasteiger partial charge in [-0.3, -0.25) is 9.59 Å². The van der Waals surface area contributed by atoms with Crippen molar-refractivity contribution >= 4 is 11.8 Å². The van der Waals surface area contributed by atoms with E-state index in [1.54, 1.807) is 26.0 Å². The number of unbranched alkanes of at least 4 members (excludes halogenated alkanes) is 11. The molecule has 3 aliphatic carbocycles. The molecule has 0 aromatic rings. The van der Waals surface area contributed by atoms with Crippen LogP contribution in [0.2, 0.25) is 0 Å². The summed E-state index contributed by atoms with van der Waals surface area (Å²) in [6.07, 6.45) is 15.4. The summed E-state index contributed by atoms with van der Waals surface area (Å²) in [7, 11) is 0. The Morgan fingerprint density at radius 3 is 2.21 bits per heavy atom. The highest BCUT2D eigenvalue weighted by atomic mass is 16.9. The van der Waals surface area contributed by atoms with Crippen LogP contribution in [0.3, 0.4) is 0 Å². The highest BCUT2D eigenvalue weighted by Crippen LogP contribution is 2.73. The lowest BCUT2D eigenvalue weighted by Gasteiger charge is -2.61. The predicted octanol–water partition coefficient (Wildman–Crippen LogP) is 4.98. The molecule has 0 spiro atoms. The van der Waals surface area contributed by atoms with E-state index < -0.39 is 88.9 Å². The van der Waals surface area contributed by atoms with E-state index in [9.17, 15) is 24.9 Å². The van der Waals surface area contributed by atoms with Crippen LogP contribution < -0.4 is 0 Å². The molecule has 12 atom stereocenters. The van der Waals surface area contributed by atoms with Crippen molar-refractivity contribution in [2.45, 2.75) is 164 Å². The number of hydrogen-bond donors (Lipinski definition) is 3. The van der Waals surface area contributed by atoms with Crippen LogP contribution in [0.1, 0.15) is 112 Å². The van der Waals surface area contributed by atoms with Gasteiger partial charge in [0.2, 0.25) is 0 Å². The molecule has 3 N–H and O–H groups in total. The second kappa shape index (κ2) is 13.0. The van der Waals surface area contributed by atoms with Gasteiger partial charge in [0, 0.05) is 30.8 Å². The number of rotatable bonds is 16. The van der Waals surface area contributed by atoms with Crippen molar-refractivity contribution < 1.29 is 48.6 Å². The number of aliphatic hydroxyl groups is 3. The zero-order valence-electron chi connectivity index (χ0n) is 29.4. The van der Waals surface area contributed by atoms with Crippen molar-refractivity contribution in [3.63, 3.8) is 0 Å². The van der Waals surface area contributed by atoms with Crippen molar-refractivity contribution in [1.82, 2.24) is 0 Å². The molecule has 0 aromatic carbocycles.